The van der Waals surface area contributed by atoms with E-state index < -0.39 is 0 Å². The number of ether oxygens (including phenoxy) is 1. The SMILES string of the molecule is CCOc1ccccc1CN1CCC(c2cc(=O)[nH]c(N(C)C)n2)CC1. The molecule has 1 N–H and O–H groups in total. The van der Waals surface area contributed by atoms with E-state index in [0.29, 0.717) is 18.5 Å². The largest absolute Gasteiger partial charge is 0.494 e. The molecule has 2 aromatic rings. The van der Waals surface area contributed by atoms with Crippen molar-refractivity contribution in [3.63, 3.8) is 0 Å². The first-order chi connectivity index (χ1) is 12.6. The van der Waals surface area contributed by atoms with Crippen LogP contribution in [0.4, 0.5) is 5.95 Å². The Morgan fingerprint density at radius 2 is 2.00 bits per heavy atom. The molecule has 1 saturated heterocycles. The zero-order chi connectivity index (χ0) is 18.5. The highest BCUT2D eigenvalue weighted by Crippen LogP contribution is 2.28. The summed E-state index contributed by atoms with van der Waals surface area (Å²) in [6.07, 6.45) is 2.03. The van der Waals surface area contributed by atoms with Gasteiger partial charge in [0.25, 0.3) is 5.56 Å². The second-order valence-corrected chi connectivity index (χ2v) is 6.98. The quantitative estimate of drug-likeness (QED) is 0.862. The van der Waals surface area contributed by atoms with Crippen LogP contribution in [0.1, 0.15) is 36.9 Å². The van der Waals surface area contributed by atoms with E-state index in [0.717, 1.165) is 43.9 Å². The van der Waals surface area contributed by atoms with Crippen molar-refractivity contribution in [2.24, 2.45) is 0 Å². The average molecular weight is 356 g/mol. The second kappa shape index (κ2) is 8.36. The van der Waals surface area contributed by atoms with Crippen molar-refractivity contribution in [1.82, 2.24) is 14.9 Å². The van der Waals surface area contributed by atoms with Gasteiger partial charge in [0.05, 0.1) is 12.3 Å². The molecule has 0 atom stereocenters. The smallest absolute Gasteiger partial charge is 0.252 e. The Kier molecular flexibility index (Phi) is 5.93. The molecule has 1 fully saturated rings. The fourth-order valence-electron chi connectivity index (χ4n) is 3.44. The molecule has 1 aliphatic heterocycles. The summed E-state index contributed by atoms with van der Waals surface area (Å²) < 4.78 is 5.74. The number of aromatic amines is 1. The van der Waals surface area contributed by atoms with Gasteiger partial charge in [0.2, 0.25) is 5.95 Å². The minimum absolute atomic E-state index is 0.0771. The Hall–Kier alpha value is -2.34. The molecule has 140 valence electrons. The van der Waals surface area contributed by atoms with E-state index in [1.165, 1.54) is 5.56 Å². The first kappa shape index (κ1) is 18.5. The number of hydrogen-bond donors (Lipinski definition) is 1. The topological polar surface area (TPSA) is 61.5 Å². The number of H-pyrrole nitrogens is 1. The molecule has 0 unspecified atom stereocenters. The van der Waals surface area contributed by atoms with Crippen molar-refractivity contribution in [2.45, 2.75) is 32.2 Å². The van der Waals surface area contributed by atoms with E-state index in [4.69, 9.17) is 4.74 Å². The normalized spacial score (nSPS) is 15.8. The Bertz CT molecular complexity index is 779. The van der Waals surface area contributed by atoms with Gasteiger partial charge < -0.3 is 9.64 Å². The highest BCUT2D eigenvalue weighted by atomic mass is 16.5. The summed E-state index contributed by atoms with van der Waals surface area (Å²) in [6, 6.07) is 9.90. The van der Waals surface area contributed by atoms with E-state index in [1.807, 2.05) is 38.1 Å². The van der Waals surface area contributed by atoms with Gasteiger partial charge in [-0.2, -0.15) is 0 Å². The van der Waals surface area contributed by atoms with Gasteiger partial charge in [-0.3, -0.25) is 14.7 Å². The number of benzene rings is 1. The molecule has 26 heavy (non-hydrogen) atoms. The molecule has 1 aromatic carbocycles. The summed E-state index contributed by atoms with van der Waals surface area (Å²) >= 11 is 0. The monoisotopic (exact) mass is 356 g/mol. The van der Waals surface area contributed by atoms with Crippen LogP contribution < -0.4 is 15.2 Å². The van der Waals surface area contributed by atoms with Crippen molar-refractivity contribution in [2.75, 3.05) is 38.7 Å². The highest BCUT2D eigenvalue weighted by Gasteiger charge is 2.23. The van der Waals surface area contributed by atoms with Crippen LogP contribution in [0, 0.1) is 0 Å². The maximum atomic E-state index is 11.9. The van der Waals surface area contributed by atoms with Crippen LogP contribution in [0.5, 0.6) is 5.75 Å². The predicted molar refractivity (Wildman–Crippen MR) is 104 cm³/mol. The van der Waals surface area contributed by atoms with Gasteiger partial charge in [0.1, 0.15) is 5.75 Å². The number of piperidine rings is 1. The Morgan fingerprint density at radius 1 is 1.27 bits per heavy atom. The lowest BCUT2D eigenvalue weighted by molar-refractivity contribution is 0.200. The molecular formula is C20H28N4O2. The minimum Gasteiger partial charge on any atom is -0.494 e. The van der Waals surface area contributed by atoms with Gasteiger partial charge in [-0.15, -0.1) is 0 Å². The Labute approximate surface area is 154 Å². The first-order valence-electron chi connectivity index (χ1n) is 9.28. The summed E-state index contributed by atoms with van der Waals surface area (Å²) in [7, 11) is 3.78. The number of para-hydroxylation sites is 1. The summed E-state index contributed by atoms with van der Waals surface area (Å²) in [5, 5.41) is 0. The molecule has 0 spiro atoms. The van der Waals surface area contributed by atoms with Gasteiger partial charge >= 0.3 is 0 Å². The molecule has 0 radical (unpaired) electrons. The number of aromatic nitrogens is 2. The minimum atomic E-state index is -0.0771. The molecule has 0 saturated carbocycles. The zero-order valence-electron chi connectivity index (χ0n) is 15.9. The van der Waals surface area contributed by atoms with Crippen molar-refractivity contribution in [3.05, 3.63) is 51.9 Å². The molecule has 6 heteroatoms. The number of likely N-dealkylation sites (tertiary alicyclic amines) is 1. The second-order valence-electron chi connectivity index (χ2n) is 6.98. The lowest BCUT2D eigenvalue weighted by Gasteiger charge is -2.32. The van der Waals surface area contributed by atoms with Crippen LogP contribution in [0.2, 0.25) is 0 Å². The third-order valence-corrected chi connectivity index (χ3v) is 4.84. The maximum absolute atomic E-state index is 11.9. The summed E-state index contributed by atoms with van der Waals surface area (Å²) in [5.74, 6) is 1.94. The van der Waals surface area contributed by atoms with E-state index in [2.05, 4.69) is 27.0 Å². The third kappa shape index (κ3) is 4.43. The average Bonchev–Trinajstić information content (AvgIpc) is 2.63. The fourth-order valence-corrected chi connectivity index (χ4v) is 3.44. The standard InChI is InChI=1S/C20H28N4O2/c1-4-26-18-8-6-5-7-16(18)14-24-11-9-15(10-12-24)17-13-19(25)22-20(21-17)23(2)3/h5-8,13,15H,4,9-12,14H2,1-3H3,(H,21,22,25). The molecule has 1 aromatic heterocycles. The van der Waals surface area contributed by atoms with Crippen LogP contribution in [0.3, 0.4) is 0 Å². The fraction of sp³-hybridized carbons (Fsp3) is 0.500. The van der Waals surface area contributed by atoms with Crippen molar-refractivity contribution < 1.29 is 4.74 Å². The highest BCUT2D eigenvalue weighted by molar-refractivity contribution is 5.33. The van der Waals surface area contributed by atoms with Gasteiger partial charge in [-0.25, -0.2) is 4.98 Å². The van der Waals surface area contributed by atoms with Crippen molar-refractivity contribution >= 4 is 5.95 Å². The number of rotatable bonds is 6. The summed E-state index contributed by atoms with van der Waals surface area (Å²) in [6.45, 7) is 5.59. The molecule has 0 bridgehead atoms. The molecule has 1 aliphatic rings. The van der Waals surface area contributed by atoms with Crippen LogP contribution in [-0.2, 0) is 6.54 Å². The van der Waals surface area contributed by atoms with Gasteiger partial charge in [-0.1, -0.05) is 18.2 Å². The van der Waals surface area contributed by atoms with E-state index in [9.17, 15) is 4.79 Å². The molecular weight excluding hydrogens is 328 g/mol. The summed E-state index contributed by atoms with van der Waals surface area (Å²) in [5.41, 5.74) is 2.07. The lowest BCUT2D eigenvalue weighted by atomic mass is 9.93. The molecule has 0 aliphatic carbocycles. The van der Waals surface area contributed by atoms with Crippen LogP contribution >= 0.6 is 0 Å². The number of nitrogens with zero attached hydrogens (tertiary/aromatic N) is 3. The summed E-state index contributed by atoms with van der Waals surface area (Å²) in [4.78, 5) is 23.6. The lowest BCUT2D eigenvalue weighted by Crippen LogP contribution is -2.33. The maximum Gasteiger partial charge on any atom is 0.252 e. The number of anilines is 1. The van der Waals surface area contributed by atoms with E-state index in [-0.39, 0.29) is 5.56 Å². The first-order valence-corrected chi connectivity index (χ1v) is 9.28. The molecule has 2 heterocycles. The van der Waals surface area contributed by atoms with Crippen molar-refractivity contribution in [1.29, 1.82) is 0 Å². The molecule has 0 amide bonds. The van der Waals surface area contributed by atoms with E-state index in [1.54, 1.807) is 6.07 Å². The third-order valence-electron chi connectivity index (χ3n) is 4.84. The van der Waals surface area contributed by atoms with Crippen LogP contribution in [-0.4, -0.2) is 48.7 Å². The van der Waals surface area contributed by atoms with Crippen molar-refractivity contribution in [3.8, 4) is 5.75 Å². The van der Waals surface area contributed by atoms with Gasteiger partial charge in [-0.05, 0) is 38.9 Å². The Balaban J connectivity index is 1.64. The Morgan fingerprint density at radius 3 is 2.69 bits per heavy atom. The van der Waals surface area contributed by atoms with Gasteiger partial charge in [0, 0.05) is 38.2 Å². The van der Waals surface area contributed by atoms with Crippen LogP contribution in [0.25, 0.3) is 0 Å². The van der Waals surface area contributed by atoms with E-state index >= 15 is 0 Å². The number of hydrogen-bond acceptors (Lipinski definition) is 5. The number of nitrogens with one attached hydrogen (secondary N) is 1. The zero-order valence-corrected chi connectivity index (χ0v) is 15.9. The molecule has 6 nitrogen and oxygen atoms in total. The predicted octanol–water partition coefficient (Wildman–Crippen LogP) is 2.61. The van der Waals surface area contributed by atoms with Gasteiger partial charge in [0.15, 0.2) is 0 Å². The molecule has 3 rings (SSSR count). The van der Waals surface area contributed by atoms with Crippen LogP contribution in [0.15, 0.2) is 35.1 Å².